The highest BCUT2D eigenvalue weighted by molar-refractivity contribution is 5.99. The van der Waals surface area contributed by atoms with Gasteiger partial charge in [-0.2, -0.15) is 0 Å². The molecule has 9 amide bonds. The molecule has 0 saturated carbocycles. The van der Waals surface area contributed by atoms with Crippen LogP contribution in [0.2, 0.25) is 0 Å². The van der Waals surface area contributed by atoms with Gasteiger partial charge in [0.15, 0.2) is 5.96 Å². The van der Waals surface area contributed by atoms with E-state index in [-0.39, 0.29) is 88.6 Å². The van der Waals surface area contributed by atoms with Crippen molar-refractivity contribution in [3.8, 4) is 0 Å². The van der Waals surface area contributed by atoms with Crippen molar-refractivity contribution in [3.63, 3.8) is 0 Å². The molecule has 10 atom stereocenters. The molecule has 0 aliphatic carbocycles. The van der Waals surface area contributed by atoms with E-state index in [4.69, 9.17) is 22.3 Å². The summed E-state index contributed by atoms with van der Waals surface area (Å²) < 4.78 is 0. The molecule has 7 aliphatic rings. The van der Waals surface area contributed by atoms with Crippen molar-refractivity contribution in [1.82, 2.24) is 44.9 Å². The lowest BCUT2D eigenvalue weighted by atomic mass is 10.1. The lowest BCUT2D eigenvalue weighted by molar-refractivity contribution is -0.153. The summed E-state index contributed by atoms with van der Waals surface area (Å²) in [7, 11) is 0. The minimum atomic E-state index is -1.14. The van der Waals surface area contributed by atoms with Crippen molar-refractivity contribution in [2.45, 2.75) is 183 Å². The summed E-state index contributed by atoms with van der Waals surface area (Å²) in [6, 6.07) is -9.10. The van der Waals surface area contributed by atoms with E-state index in [0.717, 1.165) is 0 Å². The van der Waals surface area contributed by atoms with E-state index in [0.29, 0.717) is 109 Å². The third-order valence-corrected chi connectivity index (χ3v) is 15.9. The predicted molar refractivity (Wildman–Crippen MR) is 264 cm³/mol. The fourth-order valence-electron chi connectivity index (χ4n) is 12.2. The van der Waals surface area contributed by atoms with E-state index in [1.165, 1.54) is 34.3 Å². The van der Waals surface area contributed by atoms with E-state index in [1.54, 1.807) is 6.92 Å². The SMILES string of the molecule is C[C@H](N)C(=O)N1CCC[C@H]1C(=O)N1CCC[C@H]1C(=O)N1CCC[C@H]1C(=O)N[C@@H](CCCN=C(N)N)C(=O)N1CCC[C@H]1C(=O)N1CCC[C@H]1C(=O)N1CCC[C@H]1C(=O)N1CCC[C@H]1C(=O)N[C@H](C=O)CCC(=O)O. The number of aldehydes is 1. The molecule has 7 heterocycles. The third kappa shape index (κ3) is 12.2. The topological polar surface area (TPSA) is 345 Å². The summed E-state index contributed by atoms with van der Waals surface area (Å²) >= 11 is 0. The molecule has 9 N–H and O–H groups in total. The van der Waals surface area contributed by atoms with Crippen LogP contribution >= 0.6 is 0 Å². The molecule has 74 heavy (non-hydrogen) atoms. The first kappa shape index (κ1) is 55.4. The smallest absolute Gasteiger partial charge is 0.303 e. The molecule has 7 saturated heterocycles. The van der Waals surface area contributed by atoms with Gasteiger partial charge >= 0.3 is 5.97 Å². The van der Waals surface area contributed by atoms with Gasteiger partial charge in [0.2, 0.25) is 53.2 Å². The Labute approximate surface area is 430 Å². The maximum Gasteiger partial charge on any atom is 0.303 e. The first-order chi connectivity index (χ1) is 35.4. The first-order valence-corrected chi connectivity index (χ1v) is 26.7. The third-order valence-electron chi connectivity index (χ3n) is 15.9. The molecule has 0 spiro atoms. The molecule has 25 nitrogen and oxygen atoms in total. The number of hydrogen-bond donors (Lipinski definition) is 6. The molecule has 7 aliphatic heterocycles. The number of guanidine groups is 1. The first-order valence-electron chi connectivity index (χ1n) is 26.7. The van der Waals surface area contributed by atoms with Crippen molar-refractivity contribution in [3.05, 3.63) is 0 Å². The summed E-state index contributed by atoms with van der Waals surface area (Å²) in [6.07, 6.45) is 6.61. The number of carbonyl (C=O) groups is 11. The Kier molecular flexibility index (Phi) is 18.5. The number of carboxylic acid groups (broad SMARTS) is 1. The maximum atomic E-state index is 14.7. The van der Waals surface area contributed by atoms with Gasteiger partial charge in [-0.25, -0.2) is 0 Å². The van der Waals surface area contributed by atoms with Crippen LogP contribution in [0, 0.1) is 0 Å². The number of aliphatic imine (C=N–C) groups is 1. The number of aliphatic carboxylic acids is 1. The number of nitrogens with two attached hydrogens (primary N) is 3. The van der Waals surface area contributed by atoms with E-state index in [2.05, 4.69) is 15.6 Å². The van der Waals surface area contributed by atoms with E-state index < -0.39 is 102 Å². The van der Waals surface area contributed by atoms with Crippen LogP contribution in [0.1, 0.15) is 122 Å². The molecule has 0 radical (unpaired) electrons. The summed E-state index contributed by atoms with van der Waals surface area (Å²) in [6.45, 7) is 3.67. The highest BCUT2D eigenvalue weighted by Crippen LogP contribution is 2.32. The van der Waals surface area contributed by atoms with Gasteiger partial charge in [0.1, 0.15) is 54.6 Å². The highest BCUT2D eigenvalue weighted by atomic mass is 16.4. The number of amides is 9. The Balaban J connectivity index is 1.01. The van der Waals surface area contributed by atoms with Gasteiger partial charge in [0.25, 0.3) is 0 Å². The fraction of sp³-hybridized carbons (Fsp3) is 0.755. The van der Waals surface area contributed by atoms with Crippen LogP contribution in [0.15, 0.2) is 4.99 Å². The molecule has 408 valence electrons. The number of hydrogen-bond acceptors (Lipinski definition) is 13. The quantitative estimate of drug-likeness (QED) is 0.0333. The van der Waals surface area contributed by atoms with Gasteiger partial charge in [0.05, 0.1) is 12.1 Å². The van der Waals surface area contributed by atoms with Gasteiger partial charge < -0.3 is 72.0 Å². The molecule has 0 bridgehead atoms. The minimum Gasteiger partial charge on any atom is -0.481 e. The Hall–Kier alpha value is -6.40. The van der Waals surface area contributed by atoms with Crippen LogP contribution in [-0.2, 0) is 52.7 Å². The standard InChI is InChI=1S/C49H75N13O12/c1-29(50)42(68)58-23-5-13-34(58)46(72)60-25-7-16-37(60)45(71)57-22-4-12-33(57)41(67)55-31(10-2-20-53-49(51)52)43(69)59-24-6-14-35(59)47(73)62-27-9-17-38(62)48(74)61-26-8-15-36(61)44(70)56-21-3-11-32(56)40(66)54-30(28-63)18-19-39(64)65/h28-38H,2-27,50H2,1H3,(H,54,66)(H,55,67)(H,64,65)(H4,51,52,53)/t29-,30-,31-,32-,33-,34-,35-,36-,37-,38-/m0/s1. The van der Waals surface area contributed by atoms with Gasteiger partial charge in [-0.1, -0.05) is 0 Å². The van der Waals surface area contributed by atoms with E-state index in [1.807, 2.05) is 0 Å². The van der Waals surface area contributed by atoms with Crippen LogP contribution in [0.5, 0.6) is 0 Å². The Bertz CT molecular complexity index is 2210. The van der Waals surface area contributed by atoms with Gasteiger partial charge in [0, 0.05) is 58.8 Å². The summed E-state index contributed by atoms with van der Waals surface area (Å²) in [4.78, 5) is 164. The molecule has 0 aromatic rings. The number of carboxylic acids is 1. The number of nitrogens with one attached hydrogen (secondary N) is 2. The van der Waals surface area contributed by atoms with Crippen LogP contribution in [-0.4, -0.2) is 224 Å². The summed E-state index contributed by atoms with van der Waals surface area (Å²) in [5, 5.41) is 14.5. The zero-order valence-electron chi connectivity index (χ0n) is 42.5. The van der Waals surface area contributed by atoms with Gasteiger partial charge in [-0.05, 0) is 116 Å². The molecule has 25 heteroatoms. The Morgan fingerprint density at radius 2 is 0.865 bits per heavy atom. The molecular weight excluding hydrogens is 963 g/mol. The highest BCUT2D eigenvalue weighted by Gasteiger charge is 2.50. The van der Waals surface area contributed by atoms with Crippen molar-refractivity contribution in [2.24, 2.45) is 22.2 Å². The largest absolute Gasteiger partial charge is 0.481 e. The van der Waals surface area contributed by atoms with Crippen LogP contribution < -0.4 is 27.8 Å². The minimum absolute atomic E-state index is 0.0967. The lowest BCUT2D eigenvalue weighted by Crippen LogP contribution is -2.59. The summed E-state index contributed by atoms with van der Waals surface area (Å²) in [5.41, 5.74) is 17.0. The number of rotatable bonds is 19. The number of carbonyl (C=O) groups excluding carboxylic acids is 10. The fourth-order valence-corrected chi connectivity index (χ4v) is 12.2. The molecule has 7 fully saturated rings. The predicted octanol–water partition coefficient (Wildman–Crippen LogP) is -2.64. The lowest BCUT2D eigenvalue weighted by Gasteiger charge is -2.36. The number of likely N-dealkylation sites (tertiary alicyclic amines) is 7. The van der Waals surface area contributed by atoms with Crippen LogP contribution in [0.25, 0.3) is 0 Å². The monoisotopic (exact) mass is 1040 g/mol. The van der Waals surface area contributed by atoms with Crippen LogP contribution in [0.3, 0.4) is 0 Å². The van der Waals surface area contributed by atoms with Crippen molar-refractivity contribution < 1.29 is 57.8 Å². The molecule has 0 unspecified atom stereocenters. The zero-order chi connectivity index (χ0) is 53.4. The molecule has 0 aromatic heterocycles. The molecule has 7 rings (SSSR count). The van der Waals surface area contributed by atoms with E-state index in [9.17, 15) is 52.7 Å². The second-order valence-electron chi connectivity index (χ2n) is 20.8. The molecule has 0 aromatic carbocycles. The summed E-state index contributed by atoms with van der Waals surface area (Å²) in [5.74, 6) is -5.16. The Morgan fingerprint density at radius 3 is 1.23 bits per heavy atom. The second-order valence-corrected chi connectivity index (χ2v) is 20.8. The van der Waals surface area contributed by atoms with Gasteiger partial charge in [-0.15, -0.1) is 0 Å². The van der Waals surface area contributed by atoms with Crippen molar-refractivity contribution in [2.75, 3.05) is 52.4 Å². The van der Waals surface area contributed by atoms with Crippen LogP contribution in [0.4, 0.5) is 0 Å². The second kappa shape index (κ2) is 24.8. The average molecular weight is 1040 g/mol. The Morgan fingerprint density at radius 1 is 0.527 bits per heavy atom. The normalized spacial score (nSPS) is 27.0. The average Bonchev–Trinajstić information content (AvgIpc) is 4.24. The van der Waals surface area contributed by atoms with Crippen molar-refractivity contribution in [1.29, 1.82) is 0 Å². The van der Waals surface area contributed by atoms with E-state index >= 15 is 0 Å². The maximum absolute atomic E-state index is 14.7. The van der Waals surface area contributed by atoms with Crippen molar-refractivity contribution >= 4 is 71.4 Å². The zero-order valence-corrected chi connectivity index (χ0v) is 42.5. The number of nitrogens with zero attached hydrogens (tertiary/aromatic N) is 8. The molecular formula is C49H75N13O12. The van der Waals surface area contributed by atoms with Gasteiger partial charge in [-0.3, -0.25) is 52.9 Å².